The van der Waals surface area contributed by atoms with Crippen LogP contribution in [-0.2, 0) is 0 Å². The average Bonchev–Trinajstić information content (AvgIpc) is 3.02. The van der Waals surface area contributed by atoms with E-state index in [1.807, 2.05) is 60.7 Å². The van der Waals surface area contributed by atoms with Crippen molar-refractivity contribution in [1.29, 1.82) is 0 Å². The van der Waals surface area contributed by atoms with E-state index in [1.165, 1.54) is 21.5 Å². The van der Waals surface area contributed by atoms with E-state index in [0.717, 1.165) is 16.7 Å². The molecular weight excluding hydrogens is 408 g/mol. The summed E-state index contributed by atoms with van der Waals surface area (Å²) in [6.07, 6.45) is 0. The molecule has 0 aromatic heterocycles. The number of rotatable bonds is 1. The number of hydrogen-bond donors (Lipinski definition) is 0. The summed E-state index contributed by atoms with van der Waals surface area (Å²) in [7, 11) is -1.94. The van der Waals surface area contributed by atoms with E-state index >= 15 is 0 Å². The van der Waals surface area contributed by atoms with Crippen molar-refractivity contribution in [2.75, 3.05) is 0 Å². The van der Waals surface area contributed by atoms with Gasteiger partial charge in [-0.15, -0.1) is 0 Å². The van der Waals surface area contributed by atoms with Crippen LogP contribution in [0, 0.1) is 6.92 Å². The van der Waals surface area contributed by atoms with Gasteiger partial charge in [-0.05, 0) is 57.8 Å². The molecule has 0 saturated heterocycles. The lowest BCUT2D eigenvalue weighted by Gasteiger charge is -2.23. The molecule has 2 aliphatic rings. The third-order valence-corrected chi connectivity index (χ3v) is 10.6. The van der Waals surface area contributed by atoms with Crippen molar-refractivity contribution in [3.8, 4) is 22.3 Å². The standard InChI is InChI=1S/C29H22O2Si/c1-17-9-11-20-22-15-24-25(16-27(22)32(2,3)26(20)13-17)29(31)23-14-19(10-12-21(23)28(24)30)18-7-5-4-6-8-18/h4-16H,1-3H3. The van der Waals surface area contributed by atoms with Gasteiger partial charge in [-0.3, -0.25) is 9.59 Å². The van der Waals surface area contributed by atoms with E-state index < -0.39 is 8.07 Å². The van der Waals surface area contributed by atoms with Crippen LogP contribution in [0.3, 0.4) is 0 Å². The zero-order chi connectivity index (χ0) is 22.2. The van der Waals surface area contributed by atoms with E-state index in [-0.39, 0.29) is 11.6 Å². The van der Waals surface area contributed by atoms with Crippen LogP contribution in [-0.4, -0.2) is 19.6 Å². The first-order valence-electron chi connectivity index (χ1n) is 10.9. The largest absolute Gasteiger partial charge is 0.289 e. The zero-order valence-electron chi connectivity index (χ0n) is 18.3. The number of hydrogen-bond acceptors (Lipinski definition) is 2. The molecule has 154 valence electrons. The van der Waals surface area contributed by atoms with Crippen molar-refractivity contribution >= 4 is 30.0 Å². The fraction of sp³-hybridized carbons (Fsp3) is 0.103. The molecule has 0 N–H and O–H groups in total. The molecule has 2 nitrogen and oxygen atoms in total. The highest BCUT2D eigenvalue weighted by atomic mass is 28.3. The van der Waals surface area contributed by atoms with Gasteiger partial charge in [0.2, 0.25) is 0 Å². The Kier molecular flexibility index (Phi) is 3.87. The van der Waals surface area contributed by atoms with Crippen LogP contribution in [0.2, 0.25) is 13.1 Å². The topological polar surface area (TPSA) is 34.1 Å². The Morgan fingerprint density at radius 1 is 0.531 bits per heavy atom. The lowest BCUT2D eigenvalue weighted by molar-refractivity contribution is 0.0979. The molecule has 1 aliphatic carbocycles. The number of benzene rings is 4. The molecule has 4 aromatic carbocycles. The minimum absolute atomic E-state index is 0.0490. The highest BCUT2D eigenvalue weighted by Gasteiger charge is 2.40. The predicted molar refractivity (Wildman–Crippen MR) is 132 cm³/mol. The summed E-state index contributed by atoms with van der Waals surface area (Å²) < 4.78 is 0. The molecule has 0 bridgehead atoms. The van der Waals surface area contributed by atoms with E-state index in [9.17, 15) is 9.59 Å². The summed E-state index contributed by atoms with van der Waals surface area (Å²) in [4.78, 5) is 27.1. The van der Waals surface area contributed by atoms with E-state index in [4.69, 9.17) is 0 Å². The van der Waals surface area contributed by atoms with Gasteiger partial charge in [0.05, 0.1) is 0 Å². The highest BCUT2D eigenvalue weighted by Crippen LogP contribution is 2.36. The Labute approximate surface area is 188 Å². The second kappa shape index (κ2) is 6.47. The zero-order valence-corrected chi connectivity index (χ0v) is 19.3. The normalized spacial score (nSPS) is 15.1. The molecule has 3 heteroatoms. The maximum absolute atomic E-state index is 13.6. The van der Waals surface area contributed by atoms with Crippen molar-refractivity contribution in [2.45, 2.75) is 20.0 Å². The van der Waals surface area contributed by atoms with Crippen LogP contribution in [0.15, 0.2) is 78.9 Å². The second-order valence-corrected chi connectivity index (χ2v) is 13.7. The van der Waals surface area contributed by atoms with E-state index in [2.05, 4.69) is 38.2 Å². The Bertz CT molecular complexity index is 1480. The average molecular weight is 431 g/mol. The van der Waals surface area contributed by atoms with Gasteiger partial charge in [0.15, 0.2) is 11.6 Å². The lowest BCUT2D eigenvalue weighted by Crippen LogP contribution is -2.49. The summed E-state index contributed by atoms with van der Waals surface area (Å²) in [6.45, 7) is 6.78. The molecule has 0 atom stereocenters. The molecule has 0 spiro atoms. The number of aryl methyl sites for hydroxylation is 1. The summed E-state index contributed by atoms with van der Waals surface area (Å²) >= 11 is 0. The molecule has 0 radical (unpaired) electrons. The van der Waals surface area contributed by atoms with E-state index in [1.54, 1.807) is 0 Å². The number of carbonyl (C=O) groups is 2. The van der Waals surface area contributed by atoms with Crippen molar-refractivity contribution < 1.29 is 9.59 Å². The van der Waals surface area contributed by atoms with Gasteiger partial charge in [0.25, 0.3) is 0 Å². The van der Waals surface area contributed by atoms with Gasteiger partial charge in [0.1, 0.15) is 8.07 Å². The highest BCUT2D eigenvalue weighted by molar-refractivity contribution is 7.03. The molecule has 6 rings (SSSR count). The third-order valence-electron chi connectivity index (χ3n) is 7.07. The van der Waals surface area contributed by atoms with Crippen LogP contribution in [0.1, 0.15) is 37.4 Å². The fourth-order valence-electron chi connectivity index (χ4n) is 5.30. The first-order chi connectivity index (χ1) is 15.4. The van der Waals surface area contributed by atoms with Crippen molar-refractivity contribution in [2.24, 2.45) is 0 Å². The Morgan fingerprint density at radius 2 is 1.16 bits per heavy atom. The number of fused-ring (bicyclic) bond motifs is 5. The van der Waals surface area contributed by atoms with Crippen LogP contribution >= 0.6 is 0 Å². The number of ketones is 2. The summed E-state index contributed by atoms with van der Waals surface area (Å²) in [5.41, 5.74) is 7.67. The van der Waals surface area contributed by atoms with Crippen LogP contribution in [0.5, 0.6) is 0 Å². The Hall–Kier alpha value is -3.56. The quantitative estimate of drug-likeness (QED) is 0.341. The van der Waals surface area contributed by atoms with Crippen molar-refractivity contribution in [1.82, 2.24) is 0 Å². The molecule has 1 heterocycles. The van der Waals surface area contributed by atoms with Gasteiger partial charge in [-0.1, -0.05) is 79.3 Å². The molecule has 4 aromatic rings. The maximum atomic E-state index is 13.6. The number of carbonyl (C=O) groups excluding carboxylic acids is 2. The fourth-order valence-corrected chi connectivity index (χ4v) is 8.46. The minimum atomic E-state index is -1.94. The minimum Gasteiger partial charge on any atom is -0.289 e. The molecular formula is C29H22O2Si. The molecule has 0 unspecified atom stereocenters. The van der Waals surface area contributed by atoms with Gasteiger partial charge in [-0.2, -0.15) is 0 Å². The maximum Gasteiger partial charge on any atom is 0.194 e. The van der Waals surface area contributed by atoms with Crippen molar-refractivity contribution in [3.05, 3.63) is 107 Å². The van der Waals surface area contributed by atoms with Gasteiger partial charge >= 0.3 is 0 Å². The summed E-state index contributed by atoms with van der Waals surface area (Å²) in [5.74, 6) is -0.107. The Morgan fingerprint density at radius 3 is 1.94 bits per heavy atom. The van der Waals surface area contributed by atoms with Gasteiger partial charge < -0.3 is 0 Å². The molecule has 32 heavy (non-hydrogen) atoms. The first kappa shape index (κ1) is 19.1. The second-order valence-electron chi connectivity index (χ2n) is 9.40. The summed E-state index contributed by atoms with van der Waals surface area (Å²) in [6, 6.07) is 26.2. The SMILES string of the molecule is Cc1ccc2c(c1)[Si](C)(C)c1cc3c(cc1-2)C(=O)c1ccc(-c2ccccc2)cc1C3=O. The summed E-state index contributed by atoms with van der Waals surface area (Å²) in [5, 5.41) is 2.64. The van der Waals surface area contributed by atoms with Gasteiger partial charge in [-0.25, -0.2) is 0 Å². The molecule has 0 fully saturated rings. The predicted octanol–water partition coefficient (Wildman–Crippen LogP) is 5.24. The van der Waals surface area contributed by atoms with E-state index in [0.29, 0.717) is 22.3 Å². The molecule has 1 aliphatic heterocycles. The molecule has 0 saturated carbocycles. The first-order valence-corrected chi connectivity index (χ1v) is 13.9. The monoisotopic (exact) mass is 430 g/mol. The van der Waals surface area contributed by atoms with Crippen LogP contribution in [0.25, 0.3) is 22.3 Å². The van der Waals surface area contributed by atoms with Gasteiger partial charge in [0, 0.05) is 22.3 Å². The lowest BCUT2D eigenvalue weighted by atomic mass is 9.81. The van der Waals surface area contributed by atoms with Crippen LogP contribution in [0.4, 0.5) is 0 Å². The smallest absolute Gasteiger partial charge is 0.194 e. The van der Waals surface area contributed by atoms with Crippen molar-refractivity contribution in [3.63, 3.8) is 0 Å². The Balaban J connectivity index is 1.55. The van der Waals surface area contributed by atoms with Crippen LogP contribution < -0.4 is 10.4 Å². The molecule has 0 amide bonds. The third kappa shape index (κ3) is 2.52.